The molecule has 0 bridgehead atoms. The SMILES string of the molecule is CCCCCCCCC(=O)Nc1ccc(C(N)=S)cc1Cl. The lowest BCUT2D eigenvalue weighted by molar-refractivity contribution is -0.116. The van der Waals surface area contributed by atoms with Gasteiger partial charge in [-0.2, -0.15) is 0 Å². The third kappa shape index (κ3) is 6.91. The van der Waals surface area contributed by atoms with Crippen molar-refractivity contribution in [3.8, 4) is 0 Å². The van der Waals surface area contributed by atoms with Crippen LogP contribution in [0.5, 0.6) is 0 Å². The molecule has 1 amide bonds. The summed E-state index contributed by atoms with van der Waals surface area (Å²) >= 11 is 11.0. The van der Waals surface area contributed by atoms with Crippen LogP contribution >= 0.6 is 23.8 Å². The Kier molecular flexibility index (Phi) is 8.31. The van der Waals surface area contributed by atoms with Gasteiger partial charge >= 0.3 is 0 Å². The normalized spacial score (nSPS) is 10.4. The molecule has 0 fully saturated rings. The molecule has 1 aromatic carbocycles. The molecule has 0 radical (unpaired) electrons. The van der Waals surface area contributed by atoms with Crippen LogP contribution in [0, 0.1) is 0 Å². The second-order valence-corrected chi connectivity index (χ2v) is 5.97. The van der Waals surface area contributed by atoms with Crippen LogP contribution in [-0.4, -0.2) is 10.9 Å². The minimum absolute atomic E-state index is 0.00420. The third-order valence-corrected chi connectivity index (χ3v) is 3.83. The number of nitrogens with one attached hydrogen (secondary N) is 1. The molecule has 0 aliphatic carbocycles. The lowest BCUT2D eigenvalue weighted by atomic mass is 10.1. The van der Waals surface area contributed by atoms with Crippen molar-refractivity contribution in [1.29, 1.82) is 0 Å². The molecule has 0 spiro atoms. The number of rotatable bonds is 9. The largest absolute Gasteiger partial charge is 0.389 e. The quantitative estimate of drug-likeness (QED) is 0.512. The van der Waals surface area contributed by atoms with Gasteiger partial charge in [-0.05, 0) is 24.6 Å². The fourth-order valence-corrected chi connectivity index (χ4v) is 2.40. The van der Waals surface area contributed by atoms with Gasteiger partial charge in [0.2, 0.25) is 5.91 Å². The lowest BCUT2D eigenvalue weighted by Gasteiger charge is -2.08. The number of carbonyl (C=O) groups is 1. The standard InChI is InChI=1S/C16H23ClN2OS/c1-2-3-4-5-6-7-8-15(20)19-14-10-9-12(16(18)21)11-13(14)17/h9-11H,2-8H2,1H3,(H2,18,21)(H,19,20). The van der Waals surface area contributed by atoms with Crippen molar-refractivity contribution in [3.05, 3.63) is 28.8 Å². The smallest absolute Gasteiger partial charge is 0.224 e. The maximum atomic E-state index is 11.9. The van der Waals surface area contributed by atoms with E-state index in [1.54, 1.807) is 18.2 Å². The summed E-state index contributed by atoms with van der Waals surface area (Å²) in [6.45, 7) is 2.19. The molecule has 0 saturated heterocycles. The number of unbranched alkanes of at least 4 members (excludes halogenated alkanes) is 5. The number of hydrogen-bond donors (Lipinski definition) is 2. The number of amides is 1. The summed E-state index contributed by atoms with van der Waals surface area (Å²) in [4.78, 5) is 12.1. The zero-order valence-corrected chi connectivity index (χ0v) is 14.0. The Morgan fingerprint density at radius 3 is 2.52 bits per heavy atom. The van der Waals surface area contributed by atoms with Crippen LogP contribution in [0.3, 0.4) is 0 Å². The van der Waals surface area contributed by atoms with Gasteiger partial charge in [-0.15, -0.1) is 0 Å². The first-order chi connectivity index (χ1) is 10.0. The first-order valence-electron chi connectivity index (χ1n) is 7.43. The van der Waals surface area contributed by atoms with Gasteiger partial charge in [0.1, 0.15) is 4.99 Å². The highest BCUT2D eigenvalue weighted by atomic mass is 35.5. The Morgan fingerprint density at radius 2 is 1.90 bits per heavy atom. The van der Waals surface area contributed by atoms with Crippen LogP contribution in [0.25, 0.3) is 0 Å². The minimum atomic E-state index is -0.00420. The first kappa shape index (κ1) is 17.9. The van der Waals surface area contributed by atoms with Crippen molar-refractivity contribution < 1.29 is 4.79 Å². The molecular formula is C16H23ClN2OS. The molecule has 0 saturated carbocycles. The second kappa shape index (κ2) is 9.74. The highest BCUT2D eigenvalue weighted by Gasteiger charge is 2.07. The summed E-state index contributed by atoms with van der Waals surface area (Å²) < 4.78 is 0. The van der Waals surface area contributed by atoms with E-state index < -0.39 is 0 Å². The van der Waals surface area contributed by atoms with E-state index in [0.717, 1.165) is 12.8 Å². The minimum Gasteiger partial charge on any atom is -0.389 e. The lowest BCUT2D eigenvalue weighted by Crippen LogP contribution is -2.13. The maximum absolute atomic E-state index is 11.9. The van der Waals surface area contributed by atoms with E-state index in [-0.39, 0.29) is 5.91 Å². The average molecular weight is 327 g/mol. The predicted molar refractivity (Wildman–Crippen MR) is 94.0 cm³/mol. The Balaban J connectivity index is 2.36. The summed E-state index contributed by atoms with van der Waals surface area (Å²) in [6, 6.07) is 5.16. The molecule has 0 heterocycles. The summed E-state index contributed by atoms with van der Waals surface area (Å²) in [5.41, 5.74) is 6.84. The molecule has 0 aliphatic heterocycles. The molecule has 0 atom stereocenters. The third-order valence-electron chi connectivity index (χ3n) is 3.29. The maximum Gasteiger partial charge on any atom is 0.224 e. The zero-order valence-electron chi connectivity index (χ0n) is 12.5. The first-order valence-corrected chi connectivity index (χ1v) is 8.22. The number of benzene rings is 1. The Morgan fingerprint density at radius 1 is 1.24 bits per heavy atom. The number of halogens is 1. The van der Waals surface area contributed by atoms with Gasteiger partial charge in [-0.1, -0.05) is 62.8 Å². The summed E-state index contributed by atoms with van der Waals surface area (Å²) in [6.07, 6.45) is 7.51. The topological polar surface area (TPSA) is 55.1 Å². The number of anilines is 1. The van der Waals surface area contributed by atoms with Gasteiger partial charge in [-0.3, -0.25) is 4.79 Å². The predicted octanol–water partition coefficient (Wildman–Crippen LogP) is 4.66. The van der Waals surface area contributed by atoms with E-state index >= 15 is 0 Å². The summed E-state index contributed by atoms with van der Waals surface area (Å²) in [7, 11) is 0. The van der Waals surface area contributed by atoms with Gasteiger partial charge in [0, 0.05) is 12.0 Å². The van der Waals surface area contributed by atoms with Crippen LogP contribution in [0.15, 0.2) is 18.2 Å². The zero-order chi connectivity index (χ0) is 15.7. The molecule has 116 valence electrons. The van der Waals surface area contributed by atoms with Crippen LogP contribution in [0.4, 0.5) is 5.69 Å². The van der Waals surface area contributed by atoms with Crippen LogP contribution < -0.4 is 11.1 Å². The van der Waals surface area contributed by atoms with Crippen LogP contribution in [0.1, 0.15) is 57.4 Å². The fourth-order valence-electron chi connectivity index (χ4n) is 2.05. The van der Waals surface area contributed by atoms with Crippen molar-refractivity contribution in [2.24, 2.45) is 5.73 Å². The van der Waals surface area contributed by atoms with Crippen molar-refractivity contribution in [2.75, 3.05) is 5.32 Å². The summed E-state index contributed by atoms with van der Waals surface area (Å²) in [5, 5.41) is 3.28. The van der Waals surface area contributed by atoms with Gasteiger partial charge < -0.3 is 11.1 Å². The molecule has 21 heavy (non-hydrogen) atoms. The average Bonchev–Trinajstić information content (AvgIpc) is 2.44. The number of hydrogen-bond acceptors (Lipinski definition) is 2. The molecule has 3 nitrogen and oxygen atoms in total. The molecular weight excluding hydrogens is 304 g/mol. The Labute approximate surface area is 137 Å². The highest BCUT2D eigenvalue weighted by Crippen LogP contribution is 2.23. The van der Waals surface area contributed by atoms with E-state index in [4.69, 9.17) is 29.6 Å². The van der Waals surface area contributed by atoms with Crippen molar-refractivity contribution in [3.63, 3.8) is 0 Å². The van der Waals surface area contributed by atoms with Crippen molar-refractivity contribution in [1.82, 2.24) is 0 Å². The van der Waals surface area contributed by atoms with E-state index in [2.05, 4.69) is 12.2 Å². The van der Waals surface area contributed by atoms with E-state index in [9.17, 15) is 4.79 Å². The monoisotopic (exact) mass is 326 g/mol. The van der Waals surface area contributed by atoms with E-state index in [0.29, 0.717) is 27.7 Å². The van der Waals surface area contributed by atoms with Crippen LogP contribution in [0.2, 0.25) is 5.02 Å². The van der Waals surface area contributed by atoms with Crippen molar-refractivity contribution >= 4 is 40.4 Å². The van der Waals surface area contributed by atoms with E-state index in [1.165, 1.54) is 25.7 Å². The Bertz CT molecular complexity index is 491. The molecule has 5 heteroatoms. The highest BCUT2D eigenvalue weighted by molar-refractivity contribution is 7.80. The molecule has 1 aromatic rings. The molecule has 0 unspecified atom stereocenters. The van der Waals surface area contributed by atoms with Gasteiger partial charge in [0.05, 0.1) is 10.7 Å². The fraction of sp³-hybridized carbons (Fsp3) is 0.500. The van der Waals surface area contributed by atoms with Gasteiger partial charge in [-0.25, -0.2) is 0 Å². The number of carbonyl (C=O) groups excluding carboxylic acids is 1. The second-order valence-electron chi connectivity index (χ2n) is 5.12. The van der Waals surface area contributed by atoms with Gasteiger partial charge in [0.15, 0.2) is 0 Å². The number of thiocarbonyl (C=S) groups is 1. The number of nitrogens with two attached hydrogens (primary N) is 1. The molecule has 1 rings (SSSR count). The molecule has 0 aliphatic rings. The summed E-state index contributed by atoms with van der Waals surface area (Å²) in [5.74, 6) is -0.00420. The molecule has 3 N–H and O–H groups in total. The van der Waals surface area contributed by atoms with E-state index in [1.807, 2.05) is 0 Å². The van der Waals surface area contributed by atoms with Crippen LogP contribution in [-0.2, 0) is 4.79 Å². The molecule has 0 aromatic heterocycles. The van der Waals surface area contributed by atoms with Gasteiger partial charge in [0.25, 0.3) is 0 Å². The Hall–Kier alpha value is -1.13. The van der Waals surface area contributed by atoms with Crippen molar-refractivity contribution in [2.45, 2.75) is 51.9 Å².